The molecule has 4 fully saturated rings. The minimum atomic E-state index is -1.72. The first-order valence-corrected chi connectivity index (χ1v) is 15.6. The lowest BCUT2D eigenvalue weighted by molar-refractivity contribution is -0.110. The molecule has 4 rings (SSSR count). The van der Waals surface area contributed by atoms with Gasteiger partial charge in [0.2, 0.25) is 0 Å². The molecule has 0 spiro atoms. The highest BCUT2D eigenvalue weighted by molar-refractivity contribution is 6.74. The average Bonchev–Trinajstić information content (AvgIpc) is 2.97. The molecule has 4 heteroatoms. The maximum atomic E-state index is 7.10. The van der Waals surface area contributed by atoms with E-state index in [1.54, 1.807) is 7.11 Å². The molecule has 0 aliphatic heterocycles. The summed E-state index contributed by atoms with van der Waals surface area (Å²) >= 11 is 0. The van der Waals surface area contributed by atoms with Crippen LogP contribution in [-0.4, -0.2) is 27.2 Å². The van der Waals surface area contributed by atoms with Crippen LogP contribution in [0.2, 0.25) is 18.1 Å². The predicted molar refractivity (Wildman–Crippen MR) is 128 cm³/mol. The van der Waals surface area contributed by atoms with Gasteiger partial charge in [-0.15, -0.1) is 0 Å². The molecule has 7 atom stereocenters. The molecule has 0 radical (unpaired) electrons. The summed E-state index contributed by atoms with van der Waals surface area (Å²) in [4.78, 5) is 5.12. The summed E-state index contributed by atoms with van der Waals surface area (Å²) < 4.78 is 7.10. The van der Waals surface area contributed by atoms with Crippen LogP contribution in [0, 0.1) is 34.5 Å². The second kappa shape index (κ2) is 7.61. The molecular weight excluding hydrogens is 386 g/mol. The Morgan fingerprint density at radius 3 is 2.30 bits per heavy atom. The van der Waals surface area contributed by atoms with Crippen LogP contribution in [0.5, 0.6) is 0 Å². The van der Waals surface area contributed by atoms with E-state index in [0.717, 1.165) is 30.1 Å². The summed E-state index contributed by atoms with van der Waals surface area (Å²) in [6.07, 6.45) is 12.4. The molecule has 0 aromatic carbocycles. The fourth-order valence-corrected chi connectivity index (χ4v) is 9.40. The molecule has 0 aromatic heterocycles. The van der Waals surface area contributed by atoms with Gasteiger partial charge < -0.3 is 9.26 Å². The molecule has 3 unspecified atom stereocenters. The minimum absolute atomic E-state index is 0.299. The number of rotatable bonds is 3. The van der Waals surface area contributed by atoms with Gasteiger partial charge in [-0.05, 0) is 110 Å². The Bertz CT molecular complexity index is 683. The maximum absolute atomic E-state index is 7.10. The summed E-state index contributed by atoms with van der Waals surface area (Å²) in [6.45, 7) is 17.3. The van der Waals surface area contributed by atoms with Crippen molar-refractivity contribution in [3.8, 4) is 0 Å². The van der Waals surface area contributed by atoms with Crippen molar-refractivity contribution in [3.63, 3.8) is 0 Å². The van der Waals surface area contributed by atoms with Gasteiger partial charge >= 0.3 is 0 Å². The van der Waals surface area contributed by atoms with Crippen LogP contribution >= 0.6 is 0 Å². The Hall–Kier alpha value is -0.353. The van der Waals surface area contributed by atoms with Crippen molar-refractivity contribution in [3.05, 3.63) is 0 Å². The van der Waals surface area contributed by atoms with Crippen LogP contribution in [0.15, 0.2) is 5.16 Å². The predicted octanol–water partition coefficient (Wildman–Crippen LogP) is 7.42. The van der Waals surface area contributed by atoms with E-state index in [2.05, 4.69) is 52.9 Å². The first kappa shape index (κ1) is 22.8. The normalized spacial score (nSPS) is 45.6. The van der Waals surface area contributed by atoms with Crippen molar-refractivity contribution in [1.29, 1.82) is 0 Å². The fraction of sp³-hybridized carbons (Fsp3) is 0.962. The highest BCUT2D eigenvalue weighted by Crippen LogP contribution is 2.66. The van der Waals surface area contributed by atoms with Crippen LogP contribution in [-0.2, 0) is 9.26 Å². The van der Waals surface area contributed by atoms with Gasteiger partial charge in [-0.2, -0.15) is 0 Å². The lowest BCUT2D eigenvalue weighted by atomic mass is 9.45. The van der Waals surface area contributed by atoms with Crippen LogP contribution in [0.3, 0.4) is 0 Å². The third-order valence-corrected chi connectivity index (χ3v) is 15.4. The molecule has 4 aliphatic rings. The number of fused-ring (bicyclic) bond motifs is 5. The van der Waals surface area contributed by atoms with Crippen LogP contribution in [0.4, 0.5) is 0 Å². The van der Waals surface area contributed by atoms with E-state index in [-0.39, 0.29) is 0 Å². The molecule has 0 saturated heterocycles. The molecule has 4 saturated carbocycles. The largest absolute Gasteiger partial charge is 0.413 e. The Balaban J connectivity index is 1.52. The zero-order valence-electron chi connectivity index (χ0n) is 21.0. The summed E-state index contributed by atoms with van der Waals surface area (Å²) in [6, 6.07) is 0. The van der Waals surface area contributed by atoms with E-state index in [1.165, 1.54) is 57.1 Å². The average molecular weight is 434 g/mol. The van der Waals surface area contributed by atoms with Gasteiger partial charge in [0.15, 0.2) is 8.32 Å². The van der Waals surface area contributed by atoms with Gasteiger partial charge in [-0.3, -0.25) is 0 Å². The van der Waals surface area contributed by atoms with Crippen molar-refractivity contribution >= 4 is 14.0 Å². The van der Waals surface area contributed by atoms with Crippen molar-refractivity contribution in [2.45, 2.75) is 117 Å². The van der Waals surface area contributed by atoms with Gasteiger partial charge in [0.05, 0.1) is 11.8 Å². The van der Waals surface area contributed by atoms with Gasteiger partial charge in [0.25, 0.3) is 0 Å². The molecule has 0 bridgehead atoms. The van der Waals surface area contributed by atoms with Crippen molar-refractivity contribution in [2.24, 2.45) is 39.7 Å². The summed E-state index contributed by atoms with van der Waals surface area (Å²) in [5, 5.41) is 4.64. The monoisotopic (exact) mass is 433 g/mol. The standard InChI is InChI=1S/C26H47NO2Si/c1-24(2,3)30(7,8)29-23-12-11-21-20-10-9-18-17-19(27-28-6)13-15-25(18,4)22(20)14-16-26(21,23)5/h18,20-23H,9-17H2,1-8H3/t18-,20?,21?,22?,23-,25+,26+/m1/s1. The summed E-state index contributed by atoms with van der Waals surface area (Å²) in [5.41, 5.74) is 2.22. The number of nitrogens with zero attached hydrogens (tertiary/aromatic N) is 1. The van der Waals surface area contributed by atoms with Gasteiger partial charge in [-0.25, -0.2) is 0 Å². The van der Waals surface area contributed by atoms with E-state index < -0.39 is 8.32 Å². The maximum Gasteiger partial charge on any atom is 0.192 e. The van der Waals surface area contributed by atoms with E-state index >= 15 is 0 Å². The molecule has 0 heterocycles. The lowest BCUT2D eigenvalue weighted by Crippen LogP contribution is -2.55. The second-order valence-electron chi connectivity index (χ2n) is 13.2. The van der Waals surface area contributed by atoms with E-state index in [4.69, 9.17) is 9.26 Å². The molecule has 30 heavy (non-hydrogen) atoms. The number of hydrogen-bond acceptors (Lipinski definition) is 3. The van der Waals surface area contributed by atoms with Crippen molar-refractivity contribution in [1.82, 2.24) is 0 Å². The molecule has 0 N–H and O–H groups in total. The Morgan fingerprint density at radius 1 is 0.933 bits per heavy atom. The lowest BCUT2D eigenvalue weighted by Gasteiger charge is -2.60. The van der Waals surface area contributed by atoms with Crippen molar-refractivity contribution in [2.75, 3.05) is 7.11 Å². The first-order chi connectivity index (χ1) is 13.9. The molecule has 172 valence electrons. The highest BCUT2D eigenvalue weighted by Gasteiger charge is 2.61. The smallest absolute Gasteiger partial charge is 0.192 e. The zero-order chi connectivity index (χ0) is 21.9. The Kier molecular flexibility index (Phi) is 5.79. The third kappa shape index (κ3) is 3.52. The molecule has 0 aromatic rings. The van der Waals surface area contributed by atoms with Gasteiger partial charge in [0, 0.05) is 0 Å². The summed E-state index contributed by atoms with van der Waals surface area (Å²) in [7, 11) is -0.0238. The molecule has 4 aliphatic carbocycles. The SMILES string of the molecule is CON=C1CC[C@]2(C)C3CC[C@@]4(C)C(CC[C@H]4O[Si](C)(C)C(C)(C)C)C3CC[C@@H]2C1. The van der Waals surface area contributed by atoms with Crippen LogP contribution < -0.4 is 0 Å². The van der Waals surface area contributed by atoms with E-state index in [1.807, 2.05) is 0 Å². The topological polar surface area (TPSA) is 30.8 Å². The van der Waals surface area contributed by atoms with Gasteiger partial charge in [-0.1, -0.05) is 39.8 Å². The fourth-order valence-electron chi connectivity index (χ4n) is 7.95. The van der Waals surface area contributed by atoms with Gasteiger partial charge in [0.1, 0.15) is 7.11 Å². The molecule has 3 nitrogen and oxygen atoms in total. The zero-order valence-corrected chi connectivity index (χ0v) is 22.0. The summed E-state index contributed by atoms with van der Waals surface area (Å²) in [5.74, 6) is 3.51. The van der Waals surface area contributed by atoms with E-state index in [0.29, 0.717) is 22.0 Å². The number of oxime groups is 1. The van der Waals surface area contributed by atoms with Crippen LogP contribution in [0.1, 0.15) is 92.4 Å². The second-order valence-corrected chi connectivity index (χ2v) is 17.9. The molecular formula is C26H47NO2Si. The van der Waals surface area contributed by atoms with Crippen LogP contribution in [0.25, 0.3) is 0 Å². The van der Waals surface area contributed by atoms with Crippen molar-refractivity contribution < 1.29 is 9.26 Å². The van der Waals surface area contributed by atoms with E-state index in [9.17, 15) is 0 Å². The molecule has 0 amide bonds. The third-order valence-electron chi connectivity index (χ3n) is 10.9. The minimum Gasteiger partial charge on any atom is -0.413 e. The highest BCUT2D eigenvalue weighted by atomic mass is 28.4. The number of hydrogen-bond donors (Lipinski definition) is 0. The first-order valence-electron chi connectivity index (χ1n) is 12.7. The Labute approximate surface area is 186 Å². The Morgan fingerprint density at radius 2 is 1.63 bits per heavy atom. The quantitative estimate of drug-likeness (QED) is 0.342.